The minimum absolute atomic E-state index is 0.645. The number of hydrogen-bond donors (Lipinski definition) is 0. The minimum Gasteiger partial charge on any atom is -0.438 e. The van der Waals surface area contributed by atoms with Gasteiger partial charge in [0, 0.05) is 18.0 Å². The van der Waals surface area contributed by atoms with Gasteiger partial charge >= 0.3 is 0 Å². The van der Waals surface area contributed by atoms with E-state index in [9.17, 15) is 0 Å². The molecule has 3 aromatic rings. The number of ether oxygens (including phenoxy) is 2. The highest BCUT2D eigenvalue weighted by molar-refractivity contribution is 7.18. The Morgan fingerprint density at radius 3 is 2.79 bits per heavy atom. The lowest BCUT2D eigenvalue weighted by Crippen LogP contribution is -2.36. The van der Waals surface area contributed by atoms with Gasteiger partial charge in [-0.2, -0.15) is 4.98 Å². The van der Waals surface area contributed by atoms with Crippen LogP contribution in [0.4, 0.5) is 0 Å². The molecule has 0 radical (unpaired) electrons. The molecule has 1 fully saturated rings. The molecule has 0 atom stereocenters. The zero-order valence-corrected chi connectivity index (χ0v) is 17.2. The number of fused-ring (bicyclic) bond motifs is 1. The van der Waals surface area contributed by atoms with Crippen LogP contribution in [-0.4, -0.2) is 41.2 Å². The fourth-order valence-corrected chi connectivity index (χ4v) is 4.43. The summed E-state index contributed by atoms with van der Waals surface area (Å²) in [5.74, 6) is 2.27. The maximum atomic E-state index is 6.36. The van der Waals surface area contributed by atoms with E-state index in [1.54, 1.807) is 11.3 Å². The van der Waals surface area contributed by atoms with Crippen LogP contribution in [-0.2, 0) is 17.7 Å². The average Bonchev–Trinajstić information content (AvgIpc) is 2.98. The predicted molar refractivity (Wildman–Crippen MR) is 113 cm³/mol. The number of benzene rings is 1. The largest absolute Gasteiger partial charge is 0.438 e. The zero-order valence-electron chi connectivity index (χ0n) is 16.4. The smallest absolute Gasteiger partial charge is 0.231 e. The van der Waals surface area contributed by atoms with Gasteiger partial charge in [0.2, 0.25) is 5.88 Å². The van der Waals surface area contributed by atoms with Crippen LogP contribution in [0.1, 0.15) is 21.8 Å². The summed E-state index contributed by atoms with van der Waals surface area (Å²) in [6.45, 7) is 12.1. The molecular formula is C22H25N3O2S. The van der Waals surface area contributed by atoms with E-state index in [0.29, 0.717) is 12.4 Å². The number of para-hydroxylation sites is 1. The van der Waals surface area contributed by atoms with Crippen molar-refractivity contribution in [1.82, 2.24) is 14.9 Å². The summed E-state index contributed by atoms with van der Waals surface area (Å²) in [5.41, 5.74) is 2.29. The van der Waals surface area contributed by atoms with Gasteiger partial charge in [0.1, 0.15) is 16.4 Å². The van der Waals surface area contributed by atoms with E-state index in [1.165, 1.54) is 10.4 Å². The van der Waals surface area contributed by atoms with Crippen molar-refractivity contribution in [1.29, 1.82) is 0 Å². The fourth-order valence-electron chi connectivity index (χ4n) is 3.39. The normalized spacial score (nSPS) is 15.1. The van der Waals surface area contributed by atoms with E-state index in [4.69, 9.17) is 19.4 Å². The second kappa shape index (κ2) is 8.39. The van der Waals surface area contributed by atoms with Crippen molar-refractivity contribution in [3.05, 3.63) is 58.7 Å². The predicted octanol–water partition coefficient (Wildman–Crippen LogP) is 4.66. The van der Waals surface area contributed by atoms with Crippen molar-refractivity contribution < 1.29 is 9.47 Å². The maximum Gasteiger partial charge on any atom is 0.231 e. The third kappa shape index (κ3) is 3.94. The second-order valence-electron chi connectivity index (χ2n) is 7.00. The average molecular weight is 396 g/mol. The fraction of sp³-hybridized carbons (Fsp3) is 0.364. The van der Waals surface area contributed by atoms with Crippen LogP contribution in [0.5, 0.6) is 11.6 Å². The van der Waals surface area contributed by atoms with E-state index >= 15 is 0 Å². The van der Waals surface area contributed by atoms with Crippen LogP contribution in [0.3, 0.4) is 0 Å². The molecule has 5 nitrogen and oxygen atoms in total. The Kier molecular flexibility index (Phi) is 5.71. The van der Waals surface area contributed by atoms with Crippen molar-refractivity contribution in [2.75, 3.05) is 26.3 Å². The summed E-state index contributed by atoms with van der Waals surface area (Å²) in [7, 11) is 0. The summed E-state index contributed by atoms with van der Waals surface area (Å²) in [5, 5.41) is 1.02. The first-order valence-corrected chi connectivity index (χ1v) is 10.4. The number of rotatable bonds is 6. The van der Waals surface area contributed by atoms with E-state index in [2.05, 4.69) is 31.4 Å². The molecule has 0 amide bonds. The van der Waals surface area contributed by atoms with Crippen molar-refractivity contribution >= 4 is 21.6 Å². The van der Waals surface area contributed by atoms with Gasteiger partial charge in [-0.1, -0.05) is 24.3 Å². The molecule has 0 N–H and O–H groups in total. The highest BCUT2D eigenvalue weighted by atomic mass is 32.1. The number of nitrogens with zero attached hydrogens (tertiary/aromatic N) is 3. The van der Waals surface area contributed by atoms with Crippen molar-refractivity contribution in [3.8, 4) is 11.6 Å². The van der Waals surface area contributed by atoms with Crippen LogP contribution >= 0.6 is 11.3 Å². The lowest BCUT2D eigenvalue weighted by atomic mass is 10.1. The number of hydrogen-bond acceptors (Lipinski definition) is 6. The van der Waals surface area contributed by atoms with Gasteiger partial charge in [0.05, 0.1) is 25.1 Å². The standard InChI is InChI=1S/C22H25N3O2S/c1-4-7-17-8-5-6-9-18(17)27-21-20-15(2)16(3)28-22(20)24-19(23-21)14-25-10-12-26-13-11-25/h4-6,8-9H,1,7,10-14H2,2-3H3. The third-order valence-corrected chi connectivity index (χ3v) is 6.16. The first-order valence-electron chi connectivity index (χ1n) is 9.59. The van der Waals surface area contributed by atoms with Gasteiger partial charge in [0.15, 0.2) is 0 Å². The Morgan fingerprint density at radius 1 is 1.21 bits per heavy atom. The van der Waals surface area contributed by atoms with Gasteiger partial charge in [-0.15, -0.1) is 17.9 Å². The first-order chi connectivity index (χ1) is 13.7. The van der Waals surface area contributed by atoms with Crippen LogP contribution in [0.25, 0.3) is 10.2 Å². The van der Waals surface area contributed by atoms with E-state index in [1.807, 2.05) is 24.3 Å². The number of aromatic nitrogens is 2. The molecule has 6 heteroatoms. The molecule has 1 aliphatic rings. The number of thiophene rings is 1. The molecule has 0 aliphatic carbocycles. The number of aryl methyl sites for hydroxylation is 2. The van der Waals surface area contributed by atoms with Crippen molar-refractivity contribution in [3.63, 3.8) is 0 Å². The third-order valence-electron chi connectivity index (χ3n) is 5.05. The molecule has 0 saturated carbocycles. The van der Waals surface area contributed by atoms with Crippen molar-refractivity contribution in [2.45, 2.75) is 26.8 Å². The second-order valence-corrected chi connectivity index (χ2v) is 8.20. The molecule has 146 valence electrons. The molecule has 3 heterocycles. The molecule has 1 saturated heterocycles. The van der Waals surface area contributed by atoms with E-state index in [0.717, 1.165) is 60.1 Å². The highest BCUT2D eigenvalue weighted by Gasteiger charge is 2.19. The highest BCUT2D eigenvalue weighted by Crippen LogP contribution is 2.37. The number of allylic oxidation sites excluding steroid dienone is 1. The van der Waals surface area contributed by atoms with Crippen LogP contribution < -0.4 is 4.74 Å². The monoisotopic (exact) mass is 395 g/mol. The summed E-state index contributed by atoms with van der Waals surface area (Å²) < 4.78 is 11.8. The summed E-state index contributed by atoms with van der Waals surface area (Å²) in [6, 6.07) is 8.06. The molecule has 4 rings (SSSR count). The van der Waals surface area contributed by atoms with Crippen LogP contribution in [0.2, 0.25) is 0 Å². The lowest BCUT2D eigenvalue weighted by Gasteiger charge is -2.25. The van der Waals surface area contributed by atoms with Crippen molar-refractivity contribution in [2.24, 2.45) is 0 Å². The topological polar surface area (TPSA) is 47.5 Å². The maximum absolute atomic E-state index is 6.36. The molecule has 0 unspecified atom stereocenters. The van der Waals surface area contributed by atoms with Gasteiger partial charge in [-0.25, -0.2) is 4.98 Å². The van der Waals surface area contributed by atoms with Gasteiger partial charge in [0.25, 0.3) is 0 Å². The van der Waals surface area contributed by atoms with Gasteiger partial charge < -0.3 is 9.47 Å². The molecule has 1 aromatic carbocycles. The molecule has 0 bridgehead atoms. The molecular weight excluding hydrogens is 370 g/mol. The lowest BCUT2D eigenvalue weighted by molar-refractivity contribution is 0.0330. The first kappa shape index (κ1) is 19.1. The molecule has 0 spiro atoms. The van der Waals surface area contributed by atoms with Crippen LogP contribution in [0.15, 0.2) is 36.9 Å². The van der Waals surface area contributed by atoms with Gasteiger partial charge in [-0.05, 0) is 37.5 Å². The minimum atomic E-state index is 0.645. The zero-order chi connectivity index (χ0) is 19.5. The Morgan fingerprint density at radius 2 is 2.00 bits per heavy atom. The SMILES string of the molecule is C=CCc1ccccc1Oc1nc(CN2CCOCC2)nc2sc(C)c(C)c12. The molecule has 28 heavy (non-hydrogen) atoms. The van der Waals surface area contributed by atoms with E-state index in [-0.39, 0.29) is 0 Å². The Hall–Kier alpha value is -2.28. The van der Waals surface area contributed by atoms with Crippen LogP contribution in [0, 0.1) is 13.8 Å². The summed E-state index contributed by atoms with van der Waals surface area (Å²) in [4.78, 5) is 14.2. The number of morpholine rings is 1. The van der Waals surface area contributed by atoms with Gasteiger partial charge in [-0.3, -0.25) is 4.90 Å². The van der Waals surface area contributed by atoms with E-state index < -0.39 is 0 Å². The summed E-state index contributed by atoms with van der Waals surface area (Å²) >= 11 is 1.70. The quantitative estimate of drug-likeness (QED) is 0.568. The summed E-state index contributed by atoms with van der Waals surface area (Å²) in [6.07, 6.45) is 2.65. The Labute approximate surface area is 169 Å². The molecule has 1 aliphatic heterocycles. The Bertz CT molecular complexity index is 993. The Balaban J connectivity index is 1.74. The molecule has 2 aromatic heterocycles.